The van der Waals surface area contributed by atoms with Gasteiger partial charge in [0.2, 0.25) is 0 Å². The SMILES string of the molecule is N#Cc1c(O)c(Cc2ccccc2)c(=O)n(-c2ccccc2)c1-c1ccccc1. The molecule has 1 N–H and O–H groups in total. The van der Waals surface area contributed by atoms with E-state index in [-0.39, 0.29) is 28.9 Å². The topological polar surface area (TPSA) is 66.0 Å². The summed E-state index contributed by atoms with van der Waals surface area (Å²) in [6.45, 7) is 0. The third-order valence-corrected chi connectivity index (χ3v) is 4.84. The fourth-order valence-electron chi connectivity index (χ4n) is 3.47. The molecule has 1 aromatic heterocycles. The fourth-order valence-corrected chi connectivity index (χ4v) is 3.47. The van der Waals surface area contributed by atoms with E-state index in [9.17, 15) is 15.2 Å². The van der Waals surface area contributed by atoms with E-state index in [0.717, 1.165) is 5.56 Å². The van der Waals surface area contributed by atoms with Gasteiger partial charge in [-0.3, -0.25) is 9.36 Å². The maximum absolute atomic E-state index is 13.6. The van der Waals surface area contributed by atoms with Gasteiger partial charge in [0.05, 0.1) is 11.3 Å². The number of pyridine rings is 1. The summed E-state index contributed by atoms with van der Waals surface area (Å²) >= 11 is 0. The molecule has 0 aliphatic rings. The van der Waals surface area contributed by atoms with E-state index >= 15 is 0 Å². The van der Waals surface area contributed by atoms with Gasteiger partial charge in [0, 0.05) is 17.7 Å². The molecule has 0 fully saturated rings. The summed E-state index contributed by atoms with van der Waals surface area (Å²) in [7, 11) is 0. The second-order valence-electron chi connectivity index (χ2n) is 6.67. The summed E-state index contributed by atoms with van der Waals surface area (Å²) in [6, 6.07) is 29.9. The number of benzene rings is 3. The molecule has 0 saturated carbocycles. The molecular formula is C25H18N2O2. The summed E-state index contributed by atoms with van der Waals surface area (Å²) < 4.78 is 1.52. The van der Waals surface area contributed by atoms with Gasteiger partial charge >= 0.3 is 0 Å². The second-order valence-corrected chi connectivity index (χ2v) is 6.67. The van der Waals surface area contributed by atoms with Crippen molar-refractivity contribution in [3.8, 4) is 28.8 Å². The first-order chi connectivity index (χ1) is 14.2. The molecular weight excluding hydrogens is 360 g/mol. The van der Waals surface area contributed by atoms with Crippen LogP contribution in [0.2, 0.25) is 0 Å². The van der Waals surface area contributed by atoms with Crippen molar-refractivity contribution in [2.24, 2.45) is 0 Å². The van der Waals surface area contributed by atoms with Crippen LogP contribution in [0.1, 0.15) is 16.7 Å². The number of hydrogen-bond acceptors (Lipinski definition) is 3. The van der Waals surface area contributed by atoms with Gasteiger partial charge in [0.25, 0.3) is 5.56 Å². The maximum Gasteiger partial charge on any atom is 0.262 e. The van der Waals surface area contributed by atoms with Crippen LogP contribution in [0.15, 0.2) is 95.8 Å². The number of aromatic hydroxyl groups is 1. The van der Waals surface area contributed by atoms with Gasteiger partial charge in [-0.2, -0.15) is 5.26 Å². The van der Waals surface area contributed by atoms with Crippen molar-refractivity contribution in [3.05, 3.63) is 118 Å². The molecule has 1 heterocycles. The van der Waals surface area contributed by atoms with Crippen LogP contribution in [0.3, 0.4) is 0 Å². The van der Waals surface area contributed by atoms with Crippen LogP contribution >= 0.6 is 0 Å². The van der Waals surface area contributed by atoms with Gasteiger partial charge in [-0.1, -0.05) is 78.9 Å². The zero-order valence-electron chi connectivity index (χ0n) is 15.6. The molecule has 0 saturated heterocycles. The van der Waals surface area contributed by atoms with Crippen molar-refractivity contribution in [2.75, 3.05) is 0 Å². The summed E-state index contributed by atoms with van der Waals surface area (Å²) in [5.74, 6) is -0.257. The van der Waals surface area contributed by atoms with Gasteiger partial charge in [0.1, 0.15) is 17.4 Å². The zero-order valence-corrected chi connectivity index (χ0v) is 15.6. The second kappa shape index (κ2) is 7.87. The smallest absolute Gasteiger partial charge is 0.262 e. The molecule has 3 aromatic carbocycles. The Kier molecular flexibility index (Phi) is 4.96. The first kappa shape index (κ1) is 18.3. The largest absolute Gasteiger partial charge is 0.506 e. The van der Waals surface area contributed by atoms with Crippen LogP contribution in [-0.4, -0.2) is 9.67 Å². The number of nitrogens with zero attached hydrogens (tertiary/aromatic N) is 2. The molecule has 0 amide bonds. The molecule has 4 nitrogen and oxygen atoms in total. The van der Waals surface area contributed by atoms with Crippen LogP contribution in [0, 0.1) is 11.3 Å². The van der Waals surface area contributed by atoms with E-state index in [0.29, 0.717) is 16.9 Å². The summed E-state index contributed by atoms with van der Waals surface area (Å²) in [5.41, 5.74) is 2.56. The van der Waals surface area contributed by atoms with E-state index in [4.69, 9.17) is 0 Å². The fraction of sp³-hybridized carbons (Fsp3) is 0.0400. The predicted molar refractivity (Wildman–Crippen MR) is 113 cm³/mol. The Morgan fingerprint density at radius 2 is 1.38 bits per heavy atom. The van der Waals surface area contributed by atoms with E-state index in [1.807, 2.05) is 91.0 Å². The standard InChI is InChI=1S/C25H18N2O2/c26-17-22-23(19-12-6-2-7-13-19)27(20-14-8-3-9-15-20)25(29)21(24(22)28)16-18-10-4-1-5-11-18/h1-15,28H,16H2. The molecule has 4 heteroatoms. The Balaban J connectivity index is 2.07. The van der Waals surface area contributed by atoms with Crippen molar-refractivity contribution in [3.63, 3.8) is 0 Å². The highest BCUT2D eigenvalue weighted by molar-refractivity contribution is 5.73. The molecule has 0 radical (unpaired) electrons. The molecule has 4 aromatic rings. The lowest BCUT2D eigenvalue weighted by atomic mass is 9.98. The van der Waals surface area contributed by atoms with Crippen molar-refractivity contribution in [2.45, 2.75) is 6.42 Å². The highest BCUT2D eigenvalue weighted by Crippen LogP contribution is 2.33. The quantitative estimate of drug-likeness (QED) is 0.561. The van der Waals surface area contributed by atoms with Gasteiger partial charge in [0.15, 0.2) is 0 Å². The Morgan fingerprint density at radius 3 is 1.97 bits per heavy atom. The lowest BCUT2D eigenvalue weighted by Crippen LogP contribution is -2.25. The van der Waals surface area contributed by atoms with Crippen LogP contribution in [0.25, 0.3) is 16.9 Å². The van der Waals surface area contributed by atoms with Crippen molar-refractivity contribution >= 4 is 0 Å². The monoisotopic (exact) mass is 378 g/mol. The third-order valence-electron chi connectivity index (χ3n) is 4.84. The van der Waals surface area contributed by atoms with Crippen molar-refractivity contribution in [1.29, 1.82) is 5.26 Å². The summed E-state index contributed by atoms with van der Waals surface area (Å²) in [5, 5.41) is 20.8. The van der Waals surface area contributed by atoms with Crippen LogP contribution in [0.5, 0.6) is 5.75 Å². The molecule has 0 atom stereocenters. The van der Waals surface area contributed by atoms with Crippen molar-refractivity contribution in [1.82, 2.24) is 4.57 Å². The van der Waals surface area contributed by atoms with Gasteiger partial charge < -0.3 is 5.11 Å². The molecule has 29 heavy (non-hydrogen) atoms. The molecule has 0 bridgehead atoms. The number of aromatic nitrogens is 1. The molecule has 4 rings (SSSR count). The van der Waals surface area contributed by atoms with E-state index in [2.05, 4.69) is 6.07 Å². The Morgan fingerprint density at radius 1 is 0.828 bits per heavy atom. The van der Waals surface area contributed by atoms with E-state index in [1.54, 1.807) is 0 Å². The minimum absolute atomic E-state index is 0.0885. The average Bonchev–Trinajstić information content (AvgIpc) is 2.78. The van der Waals surface area contributed by atoms with E-state index in [1.165, 1.54) is 4.57 Å². The van der Waals surface area contributed by atoms with Gasteiger partial charge in [-0.05, 0) is 17.7 Å². The minimum atomic E-state index is -0.338. The first-order valence-electron chi connectivity index (χ1n) is 9.26. The predicted octanol–water partition coefficient (Wildman–Crippen LogP) is 4.67. The lowest BCUT2D eigenvalue weighted by Gasteiger charge is -2.18. The number of nitriles is 1. The average molecular weight is 378 g/mol. The number of para-hydroxylation sites is 1. The van der Waals surface area contributed by atoms with Gasteiger partial charge in [-0.15, -0.1) is 0 Å². The first-order valence-corrected chi connectivity index (χ1v) is 9.26. The Labute approximate surface area is 168 Å². The molecule has 0 aliphatic carbocycles. The number of rotatable bonds is 4. The Hall–Kier alpha value is -4.10. The number of hydrogen-bond donors (Lipinski definition) is 1. The van der Waals surface area contributed by atoms with E-state index < -0.39 is 0 Å². The van der Waals surface area contributed by atoms with Crippen LogP contribution in [0.4, 0.5) is 0 Å². The maximum atomic E-state index is 13.6. The highest BCUT2D eigenvalue weighted by Gasteiger charge is 2.23. The summed E-state index contributed by atoms with van der Waals surface area (Å²) in [6.07, 6.45) is 0.238. The summed E-state index contributed by atoms with van der Waals surface area (Å²) in [4.78, 5) is 13.6. The third kappa shape index (κ3) is 3.42. The van der Waals surface area contributed by atoms with Crippen LogP contribution in [-0.2, 0) is 6.42 Å². The van der Waals surface area contributed by atoms with Gasteiger partial charge in [-0.25, -0.2) is 0 Å². The zero-order chi connectivity index (χ0) is 20.2. The highest BCUT2D eigenvalue weighted by atomic mass is 16.3. The molecule has 140 valence electrons. The lowest BCUT2D eigenvalue weighted by molar-refractivity contribution is 0.465. The minimum Gasteiger partial charge on any atom is -0.506 e. The Bertz CT molecular complexity index is 1240. The van der Waals surface area contributed by atoms with Crippen LogP contribution < -0.4 is 5.56 Å². The van der Waals surface area contributed by atoms with Crippen molar-refractivity contribution < 1.29 is 5.11 Å². The molecule has 0 unspecified atom stereocenters. The molecule has 0 aliphatic heterocycles. The molecule has 0 spiro atoms. The normalized spacial score (nSPS) is 10.4.